The van der Waals surface area contributed by atoms with Crippen molar-refractivity contribution in [3.63, 3.8) is 0 Å². The van der Waals surface area contributed by atoms with Gasteiger partial charge in [-0.05, 0) is 85.1 Å². The normalized spacial score (nSPS) is 14.4. The Morgan fingerprint density at radius 2 is 0.965 bits per heavy atom. The highest BCUT2D eigenvalue weighted by molar-refractivity contribution is 6.20. The number of benzene rings is 4. The molecule has 4 aromatic carbocycles. The number of anilines is 7. The fraction of sp³-hybridized carbons (Fsp3) is 0.305. The van der Waals surface area contributed by atoms with Crippen LogP contribution in [0.4, 0.5) is 44.6 Å². The minimum atomic E-state index is -0.733. The second-order valence-corrected chi connectivity index (χ2v) is 22.4. The van der Waals surface area contributed by atoms with Gasteiger partial charge in [-0.1, -0.05) is 12.1 Å². The minimum absolute atomic E-state index is 0.0989. The Labute approximate surface area is 496 Å². The van der Waals surface area contributed by atoms with Gasteiger partial charge in [-0.15, -0.1) is 23.2 Å². The lowest BCUT2D eigenvalue weighted by molar-refractivity contribution is -0.124. The lowest BCUT2D eigenvalue weighted by atomic mass is 9.95. The van der Waals surface area contributed by atoms with Gasteiger partial charge in [0.1, 0.15) is 34.2 Å². The maximum atomic E-state index is 13.5. The second-order valence-electron chi connectivity index (χ2n) is 21.8. The number of aromatic nitrogens is 3. The molecule has 0 bridgehead atoms. The van der Waals surface area contributed by atoms with E-state index in [9.17, 15) is 53.4 Å². The smallest absolute Gasteiger partial charge is 0.414 e. The topological polar surface area (TPSA) is 309 Å². The van der Waals surface area contributed by atoms with Crippen LogP contribution in [0.2, 0.25) is 0 Å². The molecule has 85 heavy (non-hydrogen) atoms. The molecule has 2 unspecified atom stereocenters. The van der Waals surface area contributed by atoms with Gasteiger partial charge in [0.25, 0.3) is 17.7 Å². The van der Waals surface area contributed by atoms with Gasteiger partial charge in [0, 0.05) is 130 Å². The maximum Gasteiger partial charge on any atom is 0.414 e. The van der Waals surface area contributed by atoms with E-state index in [4.69, 9.17) is 27.9 Å². The quantitative estimate of drug-likeness (QED) is 0.0400. The van der Waals surface area contributed by atoms with Crippen molar-refractivity contribution in [3.8, 4) is 11.5 Å². The van der Waals surface area contributed by atoms with Gasteiger partial charge in [-0.2, -0.15) is 0 Å². The fourth-order valence-corrected chi connectivity index (χ4v) is 11.0. The number of carbonyl (C=O) groups excluding carboxylic acids is 9. The number of fused-ring (bicyclic) bond motifs is 6. The number of amides is 9. The summed E-state index contributed by atoms with van der Waals surface area (Å²) >= 11 is 12.7. The average molecular weight is 1200 g/mol. The zero-order chi connectivity index (χ0) is 61.3. The number of ether oxygens (including phenoxy) is 1. The molecule has 0 aliphatic carbocycles. The van der Waals surface area contributed by atoms with Crippen molar-refractivity contribution in [2.75, 3.05) is 74.3 Å². The van der Waals surface area contributed by atoms with Crippen LogP contribution in [-0.2, 0) is 49.9 Å². The van der Waals surface area contributed by atoms with E-state index in [0.717, 1.165) is 11.1 Å². The summed E-state index contributed by atoms with van der Waals surface area (Å²) in [5.41, 5.74) is 3.82. The third kappa shape index (κ3) is 13.1. The molecular formula is C59H62Cl2N12O12. The molecule has 2 aliphatic rings. The number of aryl methyl sites for hydroxylation is 3. The highest BCUT2D eigenvalue weighted by Gasteiger charge is 2.38. The fourth-order valence-electron chi connectivity index (χ4n) is 10.5. The summed E-state index contributed by atoms with van der Waals surface area (Å²) in [7, 11) is 4.77. The van der Waals surface area contributed by atoms with Crippen LogP contribution >= 0.6 is 23.2 Å². The SMILES string of the molecule is CC(=O)Nc1ccc2c3c(cc(O)c2c1)N(C(=O)CNC(=O)CNC(=O)c1cc(NC(=O)c2cc(NC(=O)c4cc(NC(=O)CCC(=O)Nc5ccc6c7c(cc(O)c6c5)N(C(=O)OC(C)(C)C)CC7CCl)cn4C)cn2C)cn1C)CC3CCl. The number of hydrogen-bond acceptors (Lipinski definition) is 12. The molecule has 0 saturated carbocycles. The van der Waals surface area contributed by atoms with Crippen molar-refractivity contribution in [2.24, 2.45) is 21.1 Å². The first-order chi connectivity index (χ1) is 40.3. The Morgan fingerprint density at radius 3 is 1.44 bits per heavy atom. The van der Waals surface area contributed by atoms with Crippen molar-refractivity contribution < 1.29 is 58.1 Å². The maximum absolute atomic E-state index is 13.5. The molecule has 2 aliphatic heterocycles. The van der Waals surface area contributed by atoms with Crippen LogP contribution in [-0.4, -0.2) is 121 Å². The molecule has 0 saturated heterocycles. The molecule has 3 aromatic heterocycles. The van der Waals surface area contributed by atoms with Gasteiger partial charge in [-0.25, -0.2) is 4.79 Å². The standard InChI is InChI=1S/C59H62Cl2N12O12/c1-30(74)64-33-8-10-38-40(14-33)47(75)19-42-53(38)31(21-60)25-72(42)52(80)24-62-51(79)23-63-55(81)44-17-36(28-69(44)5)67-57(83)46-18-37(29-71(46)7)68-56(82)45-16-35(27-70(45)6)66-50(78)13-12-49(77)65-34-9-11-39-41(15-34)48(76)20-43-54(39)32(22-61)26-73(43)58(84)85-59(2,3)4/h8-11,14-20,27-29,31-32,75-76H,12-13,21-26H2,1-7H3,(H,62,79)(H,63,81)(H,64,74)(H,65,77)(H,66,78)(H,67,83)(H,68,82). The number of carbonyl (C=O) groups is 9. The number of nitrogens with one attached hydrogen (secondary N) is 7. The van der Waals surface area contributed by atoms with Crippen molar-refractivity contribution in [3.05, 3.63) is 114 Å². The van der Waals surface area contributed by atoms with Crippen LogP contribution in [0.3, 0.4) is 0 Å². The molecule has 5 heterocycles. The Balaban J connectivity index is 0.729. The average Bonchev–Trinajstić information content (AvgIpc) is 2.02. The summed E-state index contributed by atoms with van der Waals surface area (Å²) in [4.78, 5) is 120. The first-order valence-electron chi connectivity index (χ1n) is 26.9. The number of alkyl halides is 2. The molecule has 0 fully saturated rings. The number of aromatic hydroxyl groups is 2. The van der Waals surface area contributed by atoms with Crippen molar-refractivity contribution in [2.45, 2.75) is 58.0 Å². The van der Waals surface area contributed by atoms with E-state index >= 15 is 0 Å². The van der Waals surface area contributed by atoms with E-state index in [1.54, 1.807) is 78.3 Å². The Hall–Kier alpha value is -9.55. The Bertz CT molecular complexity index is 3920. The van der Waals surface area contributed by atoms with E-state index < -0.39 is 66.1 Å². The highest BCUT2D eigenvalue weighted by atomic mass is 35.5. The number of phenolic OH excluding ortho intramolecular Hbond substituents is 2. The molecule has 26 heteroatoms. The summed E-state index contributed by atoms with van der Waals surface area (Å²) in [5, 5.41) is 42.9. The van der Waals surface area contributed by atoms with Gasteiger partial charge in [0.05, 0.1) is 41.5 Å². The van der Waals surface area contributed by atoms with Gasteiger partial charge in [0.2, 0.25) is 29.5 Å². The van der Waals surface area contributed by atoms with E-state index in [2.05, 4.69) is 37.2 Å². The van der Waals surface area contributed by atoms with Crippen LogP contribution in [0.15, 0.2) is 85.3 Å². The van der Waals surface area contributed by atoms with Gasteiger partial charge in [-0.3, -0.25) is 43.3 Å². The third-order valence-electron chi connectivity index (χ3n) is 14.3. The molecule has 0 spiro atoms. The van der Waals surface area contributed by atoms with Crippen molar-refractivity contribution in [1.29, 1.82) is 0 Å². The summed E-state index contributed by atoms with van der Waals surface area (Å²) in [6, 6.07) is 17.3. The number of nitrogens with zero attached hydrogens (tertiary/aromatic N) is 5. The summed E-state index contributed by atoms with van der Waals surface area (Å²) in [5.74, 6) is -4.49. The predicted octanol–water partition coefficient (Wildman–Crippen LogP) is 7.53. The molecular weight excluding hydrogens is 1140 g/mol. The molecule has 24 nitrogen and oxygen atoms in total. The van der Waals surface area contributed by atoms with Crippen LogP contribution < -0.4 is 47.0 Å². The number of hydrogen-bond donors (Lipinski definition) is 9. The van der Waals surface area contributed by atoms with E-state index in [0.29, 0.717) is 50.0 Å². The zero-order valence-corrected chi connectivity index (χ0v) is 48.9. The monoisotopic (exact) mass is 1200 g/mol. The molecule has 2 atom stereocenters. The van der Waals surface area contributed by atoms with Crippen LogP contribution in [0, 0.1) is 0 Å². The van der Waals surface area contributed by atoms with Crippen LogP contribution in [0.5, 0.6) is 11.5 Å². The first kappa shape index (κ1) is 60.1. The predicted molar refractivity (Wildman–Crippen MR) is 322 cm³/mol. The van der Waals surface area contributed by atoms with E-state index in [-0.39, 0.29) is 95.4 Å². The molecule has 7 aromatic rings. The van der Waals surface area contributed by atoms with E-state index in [1.807, 2.05) is 0 Å². The molecule has 9 rings (SSSR count). The van der Waals surface area contributed by atoms with Crippen LogP contribution in [0.1, 0.15) is 95.0 Å². The Morgan fingerprint density at radius 1 is 0.529 bits per heavy atom. The third-order valence-corrected chi connectivity index (χ3v) is 15.0. The lowest BCUT2D eigenvalue weighted by Gasteiger charge is -2.25. The van der Waals surface area contributed by atoms with Crippen LogP contribution in [0.25, 0.3) is 21.5 Å². The Kier molecular flexibility index (Phi) is 17.2. The highest BCUT2D eigenvalue weighted by Crippen LogP contribution is 2.48. The molecule has 0 radical (unpaired) electrons. The molecule has 9 N–H and O–H groups in total. The first-order valence-corrected chi connectivity index (χ1v) is 27.9. The van der Waals surface area contributed by atoms with Crippen molar-refractivity contribution >= 4 is 138 Å². The number of rotatable bonds is 17. The lowest BCUT2D eigenvalue weighted by Crippen LogP contribution is -2.43. The zero-order valence-electron chi connectivity index (χ0n) is 47.4. The summed E-state index contributed by atoms with van der Waals surface area (Å²) < 4.78 is 10.0. The largest absolute Gasteiger partial charge is 0.507 e. The number of phenols is 2. The van der Waals surface area contributed by atoms with Crippen molar-refractivity contribution in [1.82, 2.24) is 24.3 Å². The van der Waals surface area contributed by atoms with Gasteiger partial charge < -0.3 is 70.8 Å². The molecule has 444 valence electrons. The minimum Gasteiger partial charge on any atom is -0.507 e. The number of halogens is 2. The molecule has 9 amide bonds. The van der Waals surface area contributed by atoms with Gasteiger partial charge in [0.15, 0.2) is 0 Å². The van der Waals surface area contributed by atoms with Gasteiger partial charge >= 0.3 is 6.09 Å². The summed E-state index contributed by atoms with van der Waals surface area (Å²) in [6.07, 6.45) is 3.60. The summed E-state index contributed by atoms with van der Waals surface area (Å²) in [6.45, 7) is 6.24. The second kappa shape index (κ2) is 24.3. The van der Waals surface area contributed by atoms with E-state index in [1.165, 1.54) is 79.3 Å².